The minimum absolute atomic E-state index is 0.251. The van der Waals surface area contributed by atoms with Crippen LogP contribution in [0.2, 0.25) is 0 Å². The Morgan fingerprint density at radius 3 is 2.63 bits per heavy atom. The van der Waals surface area contributed by atoms with Gasteiger partial charge in [0.25, 0.3) is 0 Å². The van der Waals surface area contributed by atoms with Gasteiger partial charge in [-0.15, -0.1) is 0 Å². The average molecular weight is 255 g/mol. The molecule has 0 heterocycles. The van der Waals surface area contributed by atoms with Crippen LogP contribution < -0.4 is 10.1 Å². The van der Waals surface area contributed by atoms with Crippen molar-refractivity contribution in [3.8, 4) is 5.75 Å². The molecule has 0 spiro atoms. The predicted octanol–water partition coefficient (Wildman–Crippen LogP) is 4.57. The van der Waals surface area contributed by atoms with Gasteiger partial charge in [0.1, 0.15) is 5.75 Å². The highest BCUT2D eigenvalue weighted by Gasteiger charge is 2.08. The monoisotopic (exact) mass is 255 g/mol. The van der Waals surface area contributed by atoms with Crippen LogP contribution in [0.25, 0.3) is 0 Å². The van der Waals surface area contributed by atoms with Crippen molar-refractivity contribution < 1.29 is 4.74 Å². The molecule has 1 atom stereocenters. The summed E-state index contributed by atoms with van der Waals surface area (Å²) in [6.45, 7) is 6.96. The van der Waals surface area contributed by atoms with Crippen molar-refractivity contribution in [3.05, 3.63) is 59.7 Å². The number of rotatable bonds is 5. The molecule has 0 aromatic heterocycles. The van der Waals surface area contributed by atoms with Gasteiger partial charge in [-0.05, 0) is 38.5 Å². The number of benzene rings is 2. The van der Waals surface area contributed by atoms with E-state index in [2.05, 4.69) is 49.5 Å². The van der Waals surface area contributed by atoms with Crippen molar-refractivity contribution in [2.24, 2.45) is 0 Å². The Kier molecular flexibility index (Phi) is 4.45. The van der Waals surface area contributed by atoms with Crippen LogP contribution in [-0.4, -0.2) is 6.61 Å². The molecule has 1 unspecified atom stereocenters. The molecule has 0 radical (unpaired) electrons. The van der Waals surface area contributed by atoms with E-state index in [-0.39, 0.29) is 6.04 Å². The minimum atomic E-state index is 0.251. The SMILES string of the molecule is CCOc1ccccc1NC(C)c1cccc(C)c1. The molecule has 1 N–H and O–H groups in total. The molecule has 100 valence electrons. The number of anilines is 1. The molecule has 0 fully saturated rings. The van der Waals surface area contributed by atoms with Gasteiger partial charge in [-0.3, -0.25) is 0 Å². The molecule has 0 saturated carbocycles. The van der Waals surface area contributed by atoms with Crippen molar-refractivity contribution in [3.63, 3.8) is 0 Å². The average Bonchev–Trinajstić information content (AvgIpc) is 2.41. The Morgan fingerprint density at radius 2 is 1.89 bits per heavy atom. The van der Waals surface area contributed by atoms with Crippen molar-refractivity contribution in [2.45, 2.75) is 26.8 Å². The summed E-state index contributed by atoms with van der Waals surface area (Å²) in [6, 6.07) is 16.9. The molecule has 0 saturated heterocycles. The molecule has 0 amide bonds. The summed E-state index contributed by atoms with van der Waals surface area (Å²) in [5.74, 6) is 0.907. The summed E-state index contributed by atoms with van der Waals surface area (Å²) in [6.07, 6.45) is 0. The van der Waals surface area contributed by atoms with E-state index in [4.69, 9.17) is 4.74 Å². The Balaban J connectivity index is 2.16. The zero-order valence-electron chi connectivity index (χ0n) is 11.8. The van der Waals surface area contributed by atoms with E-state index < -0.39 is 0 Å². The number of hydrogen-bond donors (Lipinski definition) is 1. The second kappa shape index (κ2) is 6.28. The standard InChI is InChI=1S/C17H21NO/c1-4-19-17-11-6-5-10-16(17)18-14(3)15-9-7-8-13(2)12-15/h5-12,14,18H,4H2,1-3H3. The van der Waals surface area contributed by atoms with Crippen LogP contribution in [0.1, 0.15) is 31.0 Å². The maximum Gasteiger partial charge on any atom is 0.142 e. The number of ether oxygens (including phenoxy) is 1. The van der Waals surface area contributed by atoms with E-state index in [1.165, 1.54) is 11.1 Å². The number of hydrogen-bond acceptors (Lipinski definition) is 2. The third-order valence-electron chi connectivity index (χ3n) is 3.10. The molecular formula is C17H21NO. The zero-order valence-corrected chi connectivity index (χ0v) is 11.8. The van der Waals surface area contributed by atoms with E-state index in [9.17, 15) is 0 Å². The highest BCUT2D eigenvalue weighted by atomic mass is 16.5. The first-order chi connectivity index (χ1) is 9.20. The second-order valence-electron chi connectivity index (χ2n) is 4.71. The van der Waals surface area contributed by atoms with E-state index in [0.717, 1.165) is 11.4 Å². The van der Waals surface area contributed by atoms with Gasteiger partial charge in [0, 0.05) is 6.04 Å². The summed E-state index contributed by atoms with van der Waals surface area (Å²) in [4.78, 5) is 0. The molecule has 0 aliphatic carbocycles. The smallest absolute Gasteiger partial charge is 0.142 e. The van der Waals surface area contributed by atoms with Crippen LogP contribution in [0.15, 0.2) is 48.5 Å². The highest BCUT2D eigenvalue weighted by molar-refractivity contribution is 5.57. The Hall–Kier alpha value is -1.96. The Labute approximate surface area is 115 Å². The van der Waals surface area contributed by atoms with Gasteiger partial charge in [-0.25, -0.2) is 0 Å². The summed E-state index contributed by atoms with van der Waals surface area (Å²) in [7, 11) is 0. The molecule has 2 aromatic carbocycles. The maximum atomic E-state index is 5.63. The van der Waals surface area contributed by atoms with E-state index in [0.29, 0.717) is 6.61 Å². The van der Waals surface area contributed by atoms with Crippen LogP contribution in [0.5, 0.6) is 5.75 Å². The van der Waals surface area contributed by atoms with E-state index >= 15 is 0 Å². The van der Waals surface area contributed by atoms with Crippen LogP contribution in [0.3, 0.4) is 0 Å². The number of aryl methyl sites for hydroxylation is 1. The van der Waals surface area contributed by atoms with E-state index in [1.54, 1.807) is 0 Å². The Bertz CT molecular complexity index is 536. The van der Waals surface area contributed by atoms with Gasteiger partial charge < -0.3 is 10.1 Å². The quantitative estimate of drug-likeness (QED) is 0.845. The summed E-state index contributed by atoms with van der Waals surface area (Å²) >= 11 is 0. The molecule has 2 nitrogen and oxygen atoms in total. The fraction of sp³-hybridized carbons (Fsp3) is 0.294. The summed E-state index contributed by atoms with van der Waals surface area (Å²) in [5.41, 5.74) is 3.61. The molecule has 0 aliphatic heterocycles. The molecule has 2 heteroatoms. The third kappa shape index (κ3) is 3.50. The number of nitrogens with one attached hydrogen (secondary N) is 1. The predicted molar refractivity (Wildman–Crippen MR) is 80.8 cm³/mol. The first-order valence-corrected chi connectivity index (χ1v) is 6.75. The lowest BCUT2D eigenvalue weighted by Gasteiger charge is -2.18. The first kappa shape index (κ1) is 13.5. The molecular weight excluding hydrogens is 234 g/mol. The minimum Gasteiger partial charge on any atom is -0.492 e. The highest BCUT2D eigenvalue weighted by Crippen LogP contribution is 2.28. The molecule has 2 rings (SSSR count). The third-order valence-corrected chi connectivity index (χ3v) is 3.10. The largest absolute Gasteiger partial charge is 0.492 e. The topological polar surface area (TPSA) is 21.3 Å². The van der Waals surface area contributed by atoms with Crippen LogP contribution in [-0.2, 0) is 0 Å². The zero-order chi connectivity index (χ0) is 13.7. The lowest BCUT2D eigenvalue weighted by Crippen LogP contribution is -2.08. The number of para-hydroxylation sites is 2. The van der Waals surface area contributed by atoms with Gasteiger partial charge in [0.15, 0.2) is 0 Å². The lowest BCUT2D eigenvalue weighted by molar-refractivity contribution is 0.341. The van der Waals surface area contributed by atoms with Crippen LogP contribution >= 0.6 is 0 Å². The van der Waals surface area contributed by atoms with Gasteiger partial charge >= 0.3 is 0 Å². The maximum absolute atomic E-state index is 5.63. The Morgan fingerprint density at radius 1 is 1.11 bits per heavy atom. The lowest BCUT2D eigenvalue weighted by atomic mass is 10.1. The fourth-order valence-corrected chi connectivity index (χ4v) is 2.12. The van der Waals surface area contributed by atoms with Crippen molar-refractivity contribution in [1.29, 1.82) is 0 Å². The fourth-order valence-electron chi connectivity index (χ4n) is 2.12. The van der Waals surface area contributed by atoms with Gasteiger partial charge in [0.2, 0.25) is 0 Å². The van der Waals surface area contributed by atoms with E-state index in [1.807, 2.05) is 25.1 Å². The van der Waals surface area contributed by atoms with Gasteiger partial charge in [-0.1, -0.05) is 42.0 Å². The van der Waals surface area contributed by atoms with Crippen molar-refractivity contribution >= 4 is 5.69 Å². The summed E-state index contributed by atoms with van der Waals surface area (Å²) in [5, 5.41) is 3.51. The molecule has 0 bridgehead atoms. The summed E-state index contributed by atoms with van der Waals surface area (Å²) < 4.78 is 5.63. The molecule has 19 heavy (non-hydrogen) atoms. The van der Waals surface area contributed by atoms with Crippen molar-refractivity contribution in [1.82, 2.24) is 0 Å². The molecule has 2 aromatic rings. The van der Waals surface area contributed by atoms with Crippen molar-refractivity contribution in [2.75, 3.05) is 11.9 Å². The van der Waals surface area contributed by atoms with Crippen LogP contribution in [0.4, 0.5) is 5.69 Å². The van der Waals surface area contributed by atoms with Gasteiger partial charge in [0.05, 0.1) is 12.3 Å². The van der Waals surface area contributed by atoms with Gasteiger partial charge in [-0.2, -0.15) is 0 Å². The second-order valence-corrected chi connectivity index (χ2v) is 4.71. The molecule has 0 aliphatic rings. The normalized spacial score (nSPS) is 11.9. The first-order valence-electron chi connectivity index (χ1n) is 6.75. The van der Waals surface area contributed by atoms with Crippen LogP contribution in [0, 0.1) is 6.92 Å².